The third-order valence-electron chi connectivity index (χ3n) is 4.56. The number of aryl methyl sites for hydroxylation is 1. The molecule has 0 unspecified atom stereocenters. The number of Topliss-reactive ketones (excluding diaryl/α,β-unsaturated/α-hetero) is 1. The number of benzene rings is 1. The zero-order chi connectivity index (χ0) is 17.9. The second kappa shape index (κ2) is 5.29. The molecular formula is C18H21NO4S. The molecule has 0 radical (unpaired) electrons. The predicted molar refractivity (Wildman–Crippen MR) is 91.5 cm³/mol. The first kappa shape index (κ1) is 16.9. The summed E-state index contributed by atoms with van der Waals surface area (Å²) in [5.41, 5.74) is 2.80. The molecule has 5 nitrogen and oxygen atoms in total. The molecule has 1 aromatic carbocycles. The van der Waals surface area contributed by atoms with Crippen LogP contribution in [0.2, 0.25) is 0 Å². The van der Waals surface area contributed by atoms with Crippen molar-refractivity contribution in [2.24, 2.45) is 5.41 Å². The van der Waals surface area contributed by atoms with Gasteiger partial charge in [-0.1, -0.05) is 31.5 Å². The van der Waals surface area contributed by atoms with Crippen LogP contribution in [0.4, 0.5) is 0 Å². The second-order valence-corrected chi connectivity index (χ2v) is 8.68. The Morgan fingerprint density at radius 1 is 1.08 bits per heavy atom. The molecule has 128 valence electrons. The second-order valence-electron chi connectivity index (χ2n) is 7.32. The molecule has 2 aromatic rings. The van der Waals surface area contributed by atoms with Crippen LogP contribution in [-0.4, -0.2) is 23.3 Å². The molecule has 0 fully saturated rings. The molecule has 0 saturated carbocycles. The molecule has 0 aliphatic heterocycles. The Labute approximate surface area is 142 Å². The van der Waals surface area contributed by atoms with Crippen LogP contribution in [-0.2, 0) is 16.5 Å². The topological polar surface area (TPSA) is 76.4 Å². The van der Waals surface area contributed by atoms with E-state index in [1.807, 2.05) is 45.0 Å². The summed E-state index contributed by atoms with van der Waals surface area (Å²) in [6.45, 7) is 7.57. The van der Waals surface area contributed by atoms with E-state index in [1.54, 1.807) is 11.5 Å². The third-order valence-corrected chi connectivity index (χ3v) is 5.58. The largest absolute Gasteiger partial charge is 0.316 e. The molecule has 0 saturated heterocycles. The number of hydrogen-bond acceptors (Lipinski definition) is 3. The van der Waals surface area contributed by atoms with E-state index in [9.17, 15) is 17.8 Å². The fourth-order valence-corrected chi connectivity index (χ4v) is 4.53. The van der Waals surface area contributed by atoms with E-state index in [0.717, 1.165) is 11.3 Å². The summed E-state index contributed by atoms with van der Waals surface area (Å²) in [4.78, 5) is 12.4. The van der Waals surface area contributed by atoms with Gasteiger partial charge in [-0.2, -0.15) is 8.42 Å². The van der Waals surface area contributed by atoms with Gasteiger partial charge >= 0.3 is 0 Å². The van der Waals surface area contributed by atoms with Crippen molar-refractivity contribution < 1.29 is 17.8 Å². The summed E-state index contributed by atoms with van der Waals surface area (Å²) >= 11 is 0. The number of hydrogen-bond donors (Lipinski definition) is 1. The first-order valence-electron chi connectivity index (χ1n) is 7.83. The minimum Gasteiger partial charge on any atom is -0.316 e. The molecule has 1 N–H and O–H groups in total. The van der Waals surface area contributed by atoms with Crippen molar-refractivity contribution in [2.75, 3.05) is 0 Å². The summed E-state index contributed by atoms with van der Waals surface area (Å²) in [6.07, 6.45) is 0.832. The zero-order valence-electron chi connectivity index (χ0n) is 14.3. The predicted octanol–water partition coefficient (Wildman–Crippen LogP) is 3.50. The number of aromatic nitrogens is 1. The van der Waals surface area contributed by atoms with Crippen LogP contribution in [0.5, 0.6) is 0 Å². The number of ketones is 1. The molecule has 24 heavy (non-hydrogen) atoms. The molecule has 1 aromatic heterocycles. The summed E-state index contributed by atoms with van der Waals surface area (Å²) in [5.74, 6) is -0.233. The van der Waals surface area contributed by atoms with Crippen LogP contribution < -0.4 is 0 Å². The van der Waals surface area contributed by atoms with Crippen LogP contribution >= 0.6 is 0 Å². The molecule has 1 aliphatic rings. The van der Waals surface area contributed by atoms with Gasteiger partial charge in [0.1, 0.15) is 4.90 Å². The Hall–Kier alpha value is -1.92. The van der Waals surface area contributed by atoms with Gasteiger partial charge in [0.25, 0.3) is 10.1 Å². The van der Waals surface area contributed by atoms with E-state index in [0.29, 0.717) is 17.8 Å². The Bertz CT molecular complexity index is 934. The zero-order valence-corrected chi connectivity index (χ0v) is 15.1. The van der Waals surface area contributed by atoms with Crippen molar-refractivity contribution in [3.05, 3.63) is 46.8 Å². The summed E-state index contributed by atoms with van der Waals surface area (Å²) in [7, 11) is -4.48. The molecule has 0 bridgehead atoms. The smallest absolute Gasteiger partial charge is 0.297 e. The van der Waals surface area contributed by atoms with Crippen LogP contribution in [0.25, 0.3) is 5.69 Å². The lowest BCUT2D eigenvalue weighted by molar-refractivity contribution is 0.0907. The molecule has 1 aliphatic carbocycles. The highest BCUT2D eigenvalue weighted by Gasteiger charge is 2.40. The van der Waals surface area contributed by atoms with E-state index in [1.165, 1.54) is 0 Å². The Balaban J connectivity index is 2.39. The Kier molecular flexibility index (Phi) is 3.73. The maximum absolute atomic E-state index is 12.6. The summed E-state index contributed by atoms with van der Waals surface area (Å²) in [5, 5.41) is 0. The van der Waals surface area contributed by atoms with Crippen LogP contribution in [0.15, 0.2) is 29.2 Å². The number of carbonyl (C=O) groups excluding carboxylic acids is 1. The van der Waals surface area contributed by atoms with Gasteiger partial charge in [-0.05, 0) is 37.8 Å². The molecule has 0 amide bonds. The van der Waals surface area contributed by atoms with Gasteiger partial charge in [-0.25, -0.2) is 0 Å². The normalized spacial score (nSPS) is 17.0. The van der Waals surface area contributed by atoms with Gasteiger partial charge in [0.2, 0.25) is 0 Å². The minimum absolute atomic E-state index is 0.148. The van der Waals surface area contributed by atoms with E-state index >= 15 is 0 Å². The average Bonchev–Trinajstić information content (AvgIpc) is 2.71. The highest BCUT2D eigenvalue weighted by Crippen LogP contribution is 2.41. The fraction of sp³-hybridized carbons (Fsp3) is 0.389. The molecule has 3 rings (SSSR count). The van der Waals surface area contributed by atoms with Gasteiger partial charge in [-0.3, -0.25) is 9.35 Å². The first-order valence-corrected chi connectivity index (χ1v) is 9.27. The van der Waals surface area contributed by atoms with Crippen LogP contribution in [0.1, 0.15) is 47.6 Å². The van der Waals surface area contributed by atoms with Crippen molar-refractivity contribution in [2.45, 2.75) is 45.4 Å². The molecular weight excluding hydrogens is 326 g/mol. The van der Waals surface area contributed by atoms with Crippen molar-refractivity contribution in [1.82, 2.24) is 4.57 Å². The highest BCUT2D eigenvalue weighted by atomic mass is 32.2. The Morgan fingerprint density at radius 3 is 2.21 bits per heavy atom. The molecule has 0 spiro atoms. The summed E-state index contributed by atoms with van der Waals surface area (Å²) in [6, 6.07) is 7.65. The number of fused-ring (bicyclic) bond motifs is 1. The maximum Gasteiger partial charge on any atom is 0.297 e. The average molecular weight is 347 g/mol. The van der Waals surface area contributed by atoms with Crippen molar-refractivity contribution >= 4 is 15.9 Å². The van der Waals surface area contributed by atoms with Gasteiger partial charge in [-0.15, -0.1) is 0 Å². The lowest BCUT2D eigenvalue weighted by atomic mass is 9.76. The van der Waals surface area contributed by atoms with E-state index in [-0.39, 0.29) is 28.1 Å². The number of nitrogens with zero attached hydrogens (tertiary/aromatic N) is 1. The quantitative estimate of drug-likeness (QED) is 0.844. The lowest BCUT2D eigenvalue weighted by Gasteiger charge is -2.30. The van der Waals surface area contributed by atoms with Crippen LogP contribution in [0, 0.1) is 19.3 Å². The van der Waals surface area contributed by atoms with Gasteiger partial charge in [0.15, 0.2) is 5.78 Å². The van der Waals surface area contributed by atoms with E-state index < -0.39 is 10.1 Å². The van der Waals surface area contributed by atoms with Crippen molar-refractivity contribution in [3.8, 4) is 5.69 Å². The monoisotopic (exact) mass is 347 g/mol. The maximum atomic E-state index is 12.6. The third kappa shape index (κ3) is 2.70. The van der Waals surface area contributed by atoms with Gasteiger partial charge in [0.05, 0.1) is 5.56 Å². The van der Waals surface area contributed by atoms with E-state index in [4.69, 9.17) is 0 Å². The van der Waals surface area contributed by atoms with E-state index in [2.05, 4.69) is 0 Å². The highest BCUT2D eigenvalue weighted by molar-refractivity contribution is 7.86. The van der Waals surface area contributed by atoms with Gasteiger partial charge < -0.3 is 4.57 Å². The van der Waals surface area contributed by atoms with Crippen molar-refractivity contribution in [3.63, 3.8) is 0 Å². The fourth-order valence-electron chi connectivity index (χ4n) is 3.58. The van der Waals surface area contributed by atoms with Crippen LogP contribution in [0.3, 0.4) is 0 Å². The summed E-state index contributed by atoms with van der Waals surface area (Å²) < 4.78 is 35.3. The molecule has 1 heterocycles. The first-order chi connectivity index (χ1) is 11.0. The number of carbonyl (C=O) groups is 1. The van der Waals surface area contributed by atoms with Gasteiger partial charge in [0, 0.05) is 23.5 Å². The minimum atomic E-state index is -4.48. The van der Waals surface area contributed by atoms with Crippen molar-refractivity contribution in [1.29, 1.82) is 0 Å². The lowest BCUT2D eigenvalue weighted by Crippen LogP contribution is -2.28. The molecule has 6 heteroatoms. The Morgan fingerprint density at radius 2 is 1.67 bits per heavy atom. The number of rotatable bonds is 2. The molecule has 0 atom stereocenters. The standard InChI is InChI=1S/C18H21NO4S/c1-11-5-7-13(8-6-11)19-12(2)17(24(21,22)23)16-14(19)9-18(3,4)10-15(16)20/h5-8H,9-10H2,1-4H3,(H,21,22,23). The SMILES string of the molecule is Cc1ccc(-n2c(C)c(S(=O)(=O)O)c3c2CC(C)(C)CC3=O)cc1.